The van der Waals surface area contributed by atoms with Crippen LogP contribution in [-0.2, 0) is 0 Å². The van der Waals surface area contributed by atoms with E-state index in [1.54, 1.807) is 12.1 Å². The number of nitrogens with zero attached hydrogens (tertiary/aromatic N) is 1. The molecule has 1 saturated carbocycles. The molecule has 3 heteroatoms. The van der Waals surface area contributed by atoms with E-state index < -0.39 is 0 Å². The molecule has 0 bridgehead atoms. The number of hydrogen-bond acceptors (Lipinski definition) is 2. The Kier molecular flexibility index (Phi) is 5.62. The van der Waals surface area contributed by atoms with Crippen molar-refractivity contribution in [3.05, 3.63) is 34.9 Å². The Labute approximate surface area is 127 Å². The van der Waals surface area contributed by atoms with E-state index in [9.17, 15) is 4.79 Å². The number of carbonyl (C=O) groups excluding carboxylic acids is 1. The molecule has 1 fully saturated rings. The zero-order valence-electron chi connectivity index (χ0n) is 12.4. The van der Waals surface area contributed by atoms with Crippen LogP contribution in [0.4, 0.5) is 0 Å². The van der Waals surface area contributed by atoms with E-state index in [-0.39, 0.29) is 5.78 Å². The molecule has 2 atom stereocenters. The summed E-state index contributed by atoms with van der Waals surface area (Å²) in [5.41, 5.74) is 0.725. The second-order valence-electron chi connectivity index (χ2n) is 6.09. The number of ketones is 1. The van der Waals surface area contributed by atoms with Gasteiger partial charge in [-0.15, -0.1) is 0 Å². The zero-order chi connectivity index (χ0) is 14.5. The fourth-order valence-corrected chi connectivity index (χ4v) is 3.26. The van der Waals surface area contributed by atoms with Gasteiger partial charge in [-0.05, 0) is 37.9 Å². The van der Waals surface area contributed by atoms with E-state index in [0.29, 0.717) is 17.5 Å². The van der Waals surface area contributed by atoms with Gasteiger partial charge in [0.05, 0.1) is 0 Å². The third kappa shape index (κ3) is 4.32. The Morgan fingerprint density at radius 1 is 1.40 bits per heavy atom. The molecule has 2 nitrogen and oxygen atoms in total. The lowest BCUT2D eigenvalue weighted by atomic mass is 9.86. The minimum Gasteiger partial charge on any atom is -0.303 e. The Hall–Kier alpha value is -0.860. The van der Waals surface area contributed by atoms with Crippen molar-refractivity contribution in [3.63, 3.8) is 0 Å². The van der Waals surface area contributed by atoms with Crippen molar-refractivity contribution in [1.29, 1.82) is 0 Å². The van der Waals surface area contributed by atoms with Crippen LogP contribution in [0, 0.1) is 5.92 Å². The van der Waals surface area contributed by atoms with E-state index in [0.717, 1.165) is 18.0 Å². The van der Waals surface area contributed by atoms with Gasteiger partial charge in [-0.3, -0.25) is 4.79 Å². The molecule has 1 aromatic carbocycles. The topological polar surface area (TPSA) is 20.3 Å². The lowest BCUT2D eigenvalue weighted by Gasteiger charge is -2.34. The van der Waals surface area contributed by atoms with Crippen molar-refractivity contribution in [2.24, 2.45) is 5.92 Å². The highest BCUT2D eigenvalue weighted by atomic mass is 35.5. The van der Waals surface area contributed by atoms with Crippen molar-refractivity contribution in [1.82, 2.24) is 4.90 Å². The summed E-state index contributed by atoms with van der Waals surface area (Å²) in [7, 11) is 2.15. The van der Waals surface area contributed by atoms with Crippen molar-refractivity contribution >= 4 is 17.4 Å². The van der Waals surface area contributed by atoms with Gasteiger partial charge < -0.3 is 4.90 Å². The van der Waals surface area contributed by atoms with Crippen molar-refractivity contribution < 1.29 is 4.79 Å². The molecule has 1 aromatic rings. The van der Waals surface area contributed by atoms with E-state index in [4.69, 9.17) is 11.6 Å². The maximum absolute atomic E-state index is 12.2. The molecule has 0 amide bonds. The highest BCUT2D eigenvalue weighted by molar-refractivity contribution is 6.31. The van der Waals surface area contributed by atoms with Crippen LogP contribution in [-0.4, -0.2) is 30.3 Å². The molecule has 0 spiro atoms. The summed E-state index contributed by atoms with van der Waals surface area (Å²) in [5, 5.41) is 0.630. The maximum atomic E-state index is 12.2. The van der Waals surface area contributed by atoms with E-state index >= 15 is 0 Å². The highest BCUT2D eigenvalue weighted by Gasteiger charge is 2.22. The Morgan fingerprint density at radius 2 is 2.20 bits per heavy atom. The quantitative estimate of drug-likeness (QED) is 0.749. The highest BCUT2D eigenvalue weighted by Crippen LogP contribution is 2.26. The monoisotopic (exact) mass is 293 g/mol. The van der Waals surface area contributed by atoms with Crippen molar-refractivity contribution in [2.75, 3.05) is 13.6 Å². The van der Waals surface area contributed by atoms with Gasteiger partial charge >= 0.3 is 0 Å². The predicted octanol–water partition coefficient (Wildman–Crippen LogP) is 4.42. The second kappa shape index (κ2) is 7.24. The van der Waals surface area contributed by atoms with E-state index in [1.807, 2.05) is 12.1 Å². The van der Waals surface area contributed by atoms with E-state index in [2.05, 4.69) is 18.9 Å². The van der Waals surface area contributed by atoms with Crippen LogP contribution < -0.4 is 0 Å². The summed E-state index contributed by atoms with van der Waals surface area (Å²) in [6, 6.07) is 7.88. The summed E-state index contributed by atoms with van der Waals surface area (Å²) in [5.74, 6) is 1.00. The summed E-state index contributed by atoms with van der Waals surface area (Å²) < 4.78 is 0. The van der Waals surface area contributed by atoms with Gasteiger partial charge in [-0.25, -0.2) is 0 Å². The minimum atomic E-state index is 0.184. The molecule has 0 aromatic heterocycles. The molecule has 0 saturated heterocycles. The van der Waals surface area contributed by atoms with Crippen LogP contribution in [0.15, 0.2) is 24.3 Å². The Bertz CT molecular complexity index is 460. The second-order valence-corrected chi connectivity index (χ2v) is 6.53. The van der Waals surface area contributed by atoms with Gasteiger partial charge in [0.1, 0.15) is 0 Å². The van der Waals surface area contributed by atoms with Gasteiger partial charge in [0.25, 0.3) is 0 Å². The molecular formula is C17H24ClNO. The number of rotatable bonds is 5. The summed E-state index contributed by atoms with van der Waals surface area (Å²) >= 11 is 5.93. The van der Waals surface area contributed by atoms with Gasteiger partial charge in [-0.1, -0.05) is 43.5 Å². The average molecular weight is 294 g/mol. The lowest BCUT2D eigenvalue weighted by Crippen LogP contribution is -2.36. The van der Waals surface area contributed by atoms with Gasteiger partial charge in [0.2, 0.25) is 0 Å². The average Bonchev–Trinajstić information content (AvgIpc) is 2.44. The van der Waals surface area contributed by atoms with Gasteiger partial charge in [-0.2, -0.15) is 0 Å². The normalized spacial score (nSPS) is 23.0. The molecule has 0 heterocycles. The number of Topliss-reactive ketones (excluding diaryl/α,β-unsaturated/α-hetero) is 1. The number of carbonyl (C=O) groups is 1. The van der Waals surface area contributed by atoms with Crippen LogP contribution >= 0.6 is 11.6 Å². The molecule has 2 rings (SSSR count). The Morgan fingerprint density at radius 3 is 2.90 bits per heavy atom. The first-order valence-corrected chi connectivity index (χ1v) is 7.93. The number of benzene rings is 1. The first-order chi connectivity index (χ1) is 9.56. The zero-order valence-corrected chi connectivity index (χ0v) is 13.2. The predicted molar refractivity (Wildman–Crippen MR) is 84.4 cm³/mol. The maximum Gasteiger partial charge on any atom is 0.164 e. The van der Waals surface area contributed by atoms with Crippen LogP contribution in [0.1, 0.15) is 49.4 Å². The largest absolute Gasteiger partial charge is 0.303 e. The van der Waals surface area contributed by atoms with Gasteiger partial charge in [0, 0.05) is 29.6 Å². The first-order valence-electron chi connectivity index (χ1n) is 7.55. The Balaban J connectivity index is 1.83. The van der Waals surface area contributed by atoms with Crippen LogP contribution in [0.5, 0.6) is 0 Å². The summed E-state index contributed by atoms with van der Waals surface area (Å²) in [6.07, 6.45) is 5.78. The van der Waals surface area contributed by atoms with Crippen LogP contribution in [0.25, 0.3) is 0 Å². The van der Waals surface area contributed by atoms with Crippen LogP contribution in [0.3, 0.4) is 0 Å². The molecule has 2 unspecified atom stereocenters. The van der Waals surface area contributed by atoms with E-state index in [1.165, 1.54) is 25.7 Å². The fourth-order valence-electron chi connectivity index (χ4n) is 3.07. The first kappa shape index (κ1) is 15.5. The molecule has 20 heavy (non-hydrogen) atoms. The SMILES string of the molecule is CC1CCCC(N(C)CCC(=O)c2cccc(Cl)c2)C1. The van der Waals surface area contributed by atoms with Crippen molar-refractivity contribution in [2.45, 2.75) is 45.1 Å². The number of halogens is 1. The molecule has 0 radical (unpaired) electrons. The van der Waals surface area contributed by atoms with Gasteiger partial charge in [0.15, 0.2) is 5.78 Å². The third-order valence-corrected chi connectivity index (χ3v) is 4.61. The molecule has 0 aliphatic heterocycles. The minimum absolute atomic E-state index is 0.184. The molecule has 1 aliphatic carbocycles. The molecular weight excluding hydrogens is 270 g/mol. The fraction of sp³-hybridized carbons (Fsp3) is 0.588. The standard InChI is InChI=1S/C17H24ClNO/c1-13-5-3-8-16(11-13)19(2)10-9-17(20)14-6-4-7-15(18)12-14/h4,6-7,12-13,16H,3,5,8-11H2,1-2H3. The molecule has 110 valence electrons. The summed E-state index contributed by atoms with van der Waals surface area (Å²) in [4.78, 5) is 14.5. The summed E-state index contributed by atoms with van der Waals surface area (Å²) in [6.45, 7) is 3.17. The molecule has 0 N–H and O–H groups in total. The smallest absolute Gasteiger partial charge is 0.164 e. The molecule has 1 aliphatic rings. The third-order valence-electron chi connectivity index (χ3n) is 4.37. The number of hydrogen-bond donors (Lipinski definition) is 0. The lowest BCUT2D eigenvalue weighted by molar-refractivity contribution is 0.0945. The van der Waals surface area contributed by atoms with Crippen molar-refractivity contribution in [3.8, 4) is 0 Å². The van der Waals surface area contributed by atoms with Crippen LogP contribution in [0.2, 0.25) is 5.02 Å².